The normalized spacial score (nSPS) is 11.8. The monoisotopic (exact) mass is 386 g/mol. The molecule has 1 aromatic carbocycles. The molecular weight excluding hydrogens is 356 g/mol. The molecule has 28 heavy (non-hydrogen) atoms. The number of nitrogens with zero attached hydrogens (tertiary/aromatic N) is 1. The van der Waals surface area contributed by atoms with Crippen LogP contribution >= 0.6 is 0 Å². The van der Waals surface area contributed by atoms with Crippen molar-refractivity contribution < 1.29 is 13.9 Å². The predicted molar refractivity (Wildman–Crippen MR) is 110 cm³/mol. The van der Waals surface area contributed by atoms with E-state index in [4.69, 9.17) is 9.15 Å². The van der Waals surface area contributed by atoms with Crippen LogP contribution in [0.15, 0.2) is 52.1 Å². The van der Waals surface area contributed by atoms with Crippen molar-refractivity contribution in [1.82, 2.24) is 16.0 Å². The van der Waals surface area contributed by atoms with Crippen molar-refractivity contribution in [2.75, 3.05) is 13.1 Å². The van der Waals surface area contributed by atoms with Crippen LogP contribution in [0.2, 0.25) is 0 Å². The summed E-state index contributed by atoms with van der Waals surface area (Å²) < 4.78 is 11.2. The van der Waals surface area contributed by atoms with E-state index in [0.29, 0.717) is 31.4 Å². The highest BCUT2D eigenvalue weighted by atomic mass is 16.5. The molecule has 0 fully saturated rings. The predicted octanol–water partition coefficient (Wildman–Crippen LogP) is 2.83. The van der Waals surface area contributed by atoms with Gasteiger partial charge in [0.15, 0.2) is 5.96 Å². The topological polar surface area (TPSA) is 87.9 Å². The second-order valence-electron chi connectivity index (χ2n) is 7.23. The van der Waals surface area contributed by atoms with Crippen molar-refractivity contribution in [3.05, 3.63) is 54.0 Å². The van der Waals surface area contributed by atoms with Crippen molar-refractivity contribution in [2.45, 2.75) is 46.4 Å². The Labute approximate surface area is 166 Å². The Balaban J connectivity index is 1.92. The van der Waals surface area contributed by atoms with Crippen molar-refractivity contribution in [1.29, 1.82) is 0 Å². The summed E-state index contributed by atoms with van der Waals surface area (Å²) >= 11 is 0. The van der Waals surface area contributed by atoms with Gasteiger partial charge in [0.25, 0.3) is 0 Å². The van der Waals surface area contributed by atoms with Crippen molar-refractivity contribution in [3.63, 3.8) is 0 Å². The van der Waals surface area contributed by atoms with E-state index in [9.17, 15) is 4.79 Å². The molecule has 0 saturated carbocycles. The lowest BCUT2D eigenvalue weighted by molar-refractivity contribution is -0.120. The summed E-state index contributed by atoms with van der Waals surface area (Å²) in [5, 5.41) is 8.98. The molecule has 0 radical (unpaired) electrons. The minimum atomic E-state index is -0.283. The molecule has 0 aliphatic carbocycles. The number of aliphatic imine (C=N–C) groups is 1. The molecule has 0 aliphatic heterocycles. The maximum atomic E-state index is 12.0. The fourth-order valence-electron chi connectivity index (χ4n) is 2.40. The van der Waals surface area contributed by atoms with E-state index in [2.05, 4.69) is 20.9 Å². The van der Waals surface area contributed by atoms with E-state index < -0.39 is 0 Å². The number of nitrogens with one attached hydrogen (secondary N) is 3. The van der Waals surface area contributed by atoms with Gasteiger partial charge in [-0.3, -0.25) is 4.79 Å². The molecule has 0 atom stereocenters. The maximum absolute atomic E-state index is 12.0. The second-order valence-corrected chi connectivity index (χ2v) is 7.23. The molecule has 0 spiro atoms. The Morgan fingerprint density at radius 2 is 1.89 bits per heavy atom. The molecule has 7 nitrogen and oxygen atoms in total. The minimum absolute atomic E-state index is 0.118. The summed E-state index contributed by atoms with van der Waals surface area (Å²) in [5.74, 6) is 1.95. The lowest BCUT2D eigenvalue weighted by Gasteiger charge is -2.23. The zero-order chi connectivity index (χ0) is 20.4. The van der Waals surface area contributed by atoms with Gasteiger partial charge in [0.1, 0.15) is 17.1 Å². The number of amides is 1. The van der Waals surface area contributed by atoms with E-state index in [-0.39, 0.29) is 18.1 Å². The van der Waals surface area contributed by atoms with Crippen molar-refractivity contribution in [2.24, 2.45) is 4.99 Å². The molecule has 1 heterocycles. The molecule has 1 amide bonds. The molecular formula is C21H30N4O3. The van der Waals surface area contributed by atoms with Crippen LogP contribution in [0.1, 0.15) is 39.0 Å². The van der Waals surface area contributed by atoms with E-state index in [1.165, 1.54) is 0 Å². The van der Waals surface area contributed by atoms with Gasteiger partial charge in [0, 0.05) is 12.1 Å². The number of guanidine groups is 1. The molecule has 2 rings (SSSR count). The molecule has 0 bridgehead atoms. The maximum Gasteiger partial charge on any atom is 0.239 e. The number of carbonyl (C=O) groups excluding carboxylic acids is 1. The summed E-state index contributed by atoms with van der Waals surface area (Å²) in [6.07, 6.45) is 1.58. The first kappa shape index (κ1) is 21.3. The standard InChI is InChI=1S/C21H30N4O3/c1-5-22-20(25-15-19(26)23-14-17-10-8-12-27-17)24-13-16-9-6-7-11-18(16)28-21(2,3)4/h6-12H,5,13-15H2,1-4H3,(H,23,26)(H2,22,24,25). The Bertz CT molecular complexity index is 764. The number of hydrogen-bond donors (Lipinski definition) is 3. The van der Waals surface area contributed by atoms with Crippen LogP contribution in [0.3, 0.4) is 0 Å². The average Bonchev–Trinajstić information content (AvgIpc) is 3.15. The minimum Gasteiger partial charge on any atom is -0.488 e. The van der Waals surface area contributed by atoms with Gasteiger partial charge in [-0.25, -0.2) is 4.99 Å². The van der Waals surface area contributed by atoms with E-state index in [1.54, 1.807) is 12.3 Å². The number of furan rings is 1. The van der Waals surface area contributed by atoms with Gasteiger partial charge in [-0.1, -0.05) is 18.2 Å². The summed E-state index contributed by atoms with van der Waals surface area (Å²) in [7, 11) is 0. The quantitative estimate of drug-likeness (QED) is 0.480. The highest BCUT2D eigenvalue weighted by molar-refractivity contribution is 5.86. The van der Waals surface area contributed by atoms with Crippen LogP contribution in [-0.4, -0.2) is 30.6 Å². The smallest absolute Gasteiger partial charge is 0.239 e. The Morgan fingerprint density at radius 3 is 2.57 bits per heavy atom. The first-order valence-corrected chi connectivity index (χ1v) is 9.45. The largest absolute Gasteiger partial charge is 0.488 e. The van der Waals surface area contributed by atoms with Crippen LogP contribution in [0.5, 0.6) is 5.75 Å². The lowest BCUT2D eigenvalue weighted by atomic mass is 10.1. The fraction of sp³-hybridized carbons (Fsp3) is 0.429. The zero-order valence-corrected chi connectivity index (χ0v) is 17.0. The third-order valence-corrected chi connectivity index (χ3v) is 3.60. The molecule has 0 aliphatic rings. The number of carbonyl (C=O) groups is 1. The number of para-hydroxylation sites is 1. The summed E-state index contributed by atoms with van der Waals surface area (Å²) in [6, 6.07) is 11.4. The number of ether oxygens (including phenoxy) is 1. The van der Waals surface area contributed by atoms with Gasteiger partial charge in [0.05, 0.1) is 25.9 Å². The third kappa shape index (κ3) is 7.73. The van der Waals surface area contributed by atoms with Gasteiger partial charge in [-0.05, 0) is 45.9 Å². The van der Waals surface area contributed by atoms with Gasteiger partial charge in [-0.2, -0.15) is 0 Å². The van der Waals surface area contributed by atoms with Crippen LogP contribution in [0.25, 0.3) is 0 Å². The molecule has 2 aromatic rings. The van der Waals surface area contributed by atoms with Crippen LogP contribution < -0.4 is 20.7 Å². The highest BCUT2D eigenvalue weighted by Gasteiger charge is 2.14. The van der Waals surface area contributed by atoms with Gasteiger partial charge in [-0.15, -0.1) is 0 Å². The fourth-order valence-corrected chi connectivity index (χ4v) is 2.40. The summed E-state index contributed by atoms with van der Waals surface area (Å²) in [6.45, 7) is 9.63. The SMILES string of the molecule is CCNC(=NCc1ccccc1OC(C)(C)C)NCC(=O)NCc1ccco1. The van der Waals surface area contributed by atoms with Crippen LogP contribution in [0, 0.1) is 0 Å². The molecule has 7 heteroatoms. The molecule has 152 valence electrons. The first-order chi connectivity index (χ1) is 13.4. The number of benzene rings is 1. The summed E-state index contributed by atoms with van der Waals surface area (Å²) in [4.78, 5) is 16.6. The van der Waals surface area contributed by atoms with Crippen LogP contribution in [0.4, 0.5) is 0 Å². The average molecular weight is 386 g/mol. The van der Waals surface area contributed by atoms with E-state index in [1.807, 2.05) is 58.0 Å². The van der Waals surface area contributed by atoms with Crippen molar-refractivity contribution in [3.8, 4) is 5.75 Å². The van der Waals surface area contributed by atoms with E-state index in [0.717, 1.165) is 11.3 Å². The highest BCUT2D eigenvalue weighted by Crippen LogP contribution is 2.23. The lowest BCUT2D eigenvalue weighted by Crippen LogP contribution is -2.43. The van der Waals surface area contributed by atoms with Crippen LogP contribution in [-0.2, 0) is 17.9 Å². The third-order valence-electron chi connectivity index (χ3n) is 3.60. The summed E-state index contributed by atoms with van der Waals surface area (Å²) in [5.41, 5.74) is 0.700. The molecule has 3 N–H and O–H groups in total. The second kappa shape index (κ2) is 10.4. The molecule has 0 unspecified atom stereocenters. The van der Waals surface area contributed by atoms with Gasteiger partial charge >= 0.3 is 0 Å². The molecule has 1 aromatic heterocycles. The Morgan fingerprint density at radius 1 is 1.11 bits per heavy atom. The van der Waals surface area contributed by atoms with Crippen molar-refractivity contribution >= 4 is 11.9 Å². The van der Waals surface area contributed by atoms with E-state index >= 15 is 0 Å². The van der Waals surface area contributed by atoms with Gasteiger partial charge in [0.2, 0.25) is 5.91 Å². The zero-order valence-electron chi connectivity index (χ0n) is 17.0. The first-order valence-electron chi connectivity index (χ1n) is 9.45. The number of hydrogen-bond acceptors (Lipinski definition) is 4. The number of rotatable bonds is 8. The Hall–Kier alpha value is -2.96. The Kier molecular flexibility index (Phi) is 7.92. The molecule has 0 saturated heterocycles. The van der Waals surface area contributed by atoms with Gasteiger partial charge < -0.3 is 25.1 Å².